The van der Waals surface area contributed by atoms with Crippen molar-refractivity contribution in [2.24, 2.45) is 0 Å². The van der Waals surface area contributed by atoms with Crippen LogP contribution in [0.1, 0.15) is 5.56 Å². The van der Waals surface area contributed by atoms with Gasteiger partial charge in [-0.2, -0.15) is 0 Å². The Morgan fingerprint density at radius 1 is 0.808 bits per heavy atom. The summed E-state index contributed by atoms with van der Waals surface area (Å²) in [5, 5.41) is 8.67. The standard InChI is InChI=1S/C21H19N3O2/c1-14-4-10-18(19(12-14)26-3)21-23-22-20-11-7-16(13-24(20)21)15-5-8-17(25-2)9-6-15/h4-13H,1-3H3. The molecule has 0 saturated carbocycles. The molecule has 0 atom stereocenters. The topological polar surface area (TPSA) is 48.7 Å². The van der Waals surface area contributed by atoms with Gasteiger partial charge in [0.05, 0.1) is 19.8 Å². The Labute approximate surface area is 151 Å². The van der Waals surface area contributed by atoms with E-state index in [9.17, 15) is 0 Å². The van der Waals surface area contributed by atoms with Gasteiger partial charge in [0.25, 0.3) is 0 Å². The van der Waals surface area contributed by atoms with Crippen LogP contribution in [-0.4, -0.2) is 28.8 Å². The van der Waals surface area contributed by atoms with Crippen LogP contribution in [0.3, 0.4) is 0 Å². The molecular weight excluding hydrogens is 326 g/mol. The minimum atomic E-state index is 0.757. The third-order valence-electron chi connectivity index (χ3n) is 4.42. The zero-order valence-corrected chi connectivity index (χ0v) is 14.9. The second-order valence-corrected chi connectivity index (χ2v) is 6.10. The van der Waals surface area contributed by atoms with E-state index in [-0.39, 0.29) is 0 Å². The van der Waals surface area contributed by atoms with Crippen molar-refractivity contribution in [3.63, 3.8) is 0 Å². The van der Waals surface area contributed by atoms with Crippen molar-refractivity contribution < 1.29 is 9.47 Å². The van der Waals surface area contributed by atoms with E-state index in [0.717, 1.165) is 45.2 Å². The zero-order valence-electron chi connectivity index (χ0n) is 14.9. The van der Waals surface area contributed by atoms with Crippen molar-refractivity contribution in [1.82, 2.24) is 14.6 Å². The molecular formula is C21H19N3O2. The highest BCUT2D eigenvalue weighted by atomic mass is 16.5. The Kier molecular flexibility index (Phi) is 4.05. The number of hydrogen-bond acceptors (Lipinski definition) is 4. The summed E-state index contributed by atoms with van der Waals surface area (Å²) >= 11 is 0. The van der Waals surface area contributed by atoms with Gasteiger partial charge >= 0.3 is 0 Å². The molecule has 2 heterocycles. The number of fused-ring (bicyclic) bond motifs is 1. The van der Waals surface area contributed by atoms with Crippen LogP contribution in [0.15, 0.2) is 60.8 Å². The third kappa shape index (κ3) is 2.77. The number of nitrogens with zero attached hydrogens (tertiary/aromatic N) is 3. The number of pyridine rings is 1. The molecule has 130 valence electrons. The Morgan fingerprint density at radius 2 is 1.58 bits per heavy atom. The van der Waals surface area contributed by atoms with Crippen molar-refractivity contribution in [2.45, 2.75) is 6.92 Å². The molecule has 0 radical (unpaired) electrons. The molecule has 0 amide bonds. The minimum absolute atomic E-state index is 0.757. The average molecular weight is 345 g/mol. The van der Waals surface area contributed by atoms with Crippen molar-refractivity contribution >= 4 is 5.65 Å². The van der Waals surface area contributed by atoms with Gasteiger partial charge in [0.15, 0.2) is 11.5 Å². The zero-order chi connectivity index (χ0) is 18.1. The molecule has 0 bridgehead atoms. The Morgan fingerprint density at radius 3 is 2.31 bits per heavy atom. The molecule has 5 heteroatoms. The van der Waals surface area contributed by atoms with Crippen LogP contribution in [0, 0.1) is 6.92 Å². The lowest BCUT2D eigenvalue weighted by molar-refractivity contribution is 0.415. The number of hydrogen-bond donors (Lipinski definition) is 0. The highest BCUT2D eigenvalue weighted by Crippen LogP contribution is 2.31. The average Bonchev–Trinajstić information content (AvgIpc) is 3.11. The summed E-state index contributed by atoms with van der Waals surface area (Å²) in [4.78, 5) is 0. The lowest BCUT2D eigenvalue weighted by atomic mass is 10.1. The monoisotopic (exact) mass is 345 g/mol. The first-order chi connectivity index (χ1) is 12.7. The first-order valence-corrected chi connectivity index (χ1v) is 8.34. The van der Waals surface area contributed by atoms with Gasteiger partial charge in [0, 0.05) is 6.20 Å². The molecule has 26 heavy (non-hydrogen) atoms. The molecule has 0 aliphatic heterocycles. The fourth-order valence-corrected chi connectivity index (χ4v) is 3.01. The summed E-state index contributed by atoms with van der Waals surface area (Å²) in [7, 11) is 3.34. The normalized spacial score (nSPS) is 10.9. The van der Waals surface area contributed by atoms with Crippen LogP contribution in [0.5, 0.6) is 11.5 Å². The van der Waals surface area contributed by atoms with Gasteiger partial charge in [-0.1, -0.05) is 18.2 Å². The van der Waals surface area contributed by atoms with Gasteiger partial charge in [-0.05, 0) is 60.0 Å². The molecule has 2 aromatic heterocycles. The molecule has 0 N–H and O–H groups in total. The number of aryl methyl sites for hydroxylation is 1. The van der Waals surface area contributed by atoms with E-state index in [0.29, 0.717) is 0 Å². The molecule has 0 aliphatic carbocycles. The largest absolute Gasteiger partial charge is 0.497 e. The molecule has 2 aromatic carbocycles. The number of rotatable bonds is 4. The Hall–Kier alpha value is -3.34. The van der Waals surface area contributed by atoms with E-state index >= 15 is 0 Å². The van der Waals surface area contributed by atoms with E-state index in [1.165, 1.54) is 0 Å². The molecule has 4 aromatic rings. The smallest absolute Gasteiger partial charge is 0.172 e. The molecule has 0 fully saturated rings. The van der Waals surface area contributed by atoms with E-state index in [2.05, 4.69) is 10.2 Å². The highest BCUT2D eigenvalue weighted by molar-refractivity contribution is 5.70. The summed E-state index contributed by atoms with van der Waals surface area (Å²) in [5.74, 6) is 2.38. The molecule has 0 aliphatic rings. The van der Waals surface area contributed by atoms with Crippen LogP contribution >= 0.6 is 0 Å². The maximum atomic E-state index is 5.54. The van der Waals surface area contributed by atoms with Crippen molar-refractivity contribution in [3.8, 4) is 34.0 Å². The first-order valence-electron chi connectivity index (χ1n) is 8.34. The predicted octanol–water partition coefficient (Wildman–Crippen LogP) is 4.39. The SMILES string of the molecule is COc1ccc(-c2ccc3nnc(-c4ccc(C)cc4OC)n3c2)cc1. The molecule has 4 rings (SSSR count). The van der Waals surface area contributed by atoms with Gasteiger partial charge in [-0.3, -0.25) is 4.40 Å². The number of benzene rings is 2. The maximum Gasteiger partial charge on any atom is 0.172 e. The second-order valence-electron chi connectivity index (χ2n) is 6.10. The van der Waals surface area contributed by atoms with Crippen molar-refractivity contribution in [2.75, 3.05) is 14.2 Å². The van der Waals surface area contributed by atoms with E-state index < -0.39 is 0 Å². The molecule has 5 nitrogen and oxygen atoms in total. The summed E-state index contributed by atoms with van der Waals surface area (Å²) in [6.45, 7) is 2.04. The fraction of sp³-hybridized carbons (Fsp3) is 0.143. The predicted molar refractivity (Wildman–Crippen MR) is 102 cm³/mol. The van der Waals surface area contributed by atoms with Gasteiger partial charge in [0.1, 0.15) is 11.5 Å². The minimum Gasteiger partial charge on any atom is -0.497 e. The van der Waals surface area contributed by atoms with Crippen LogP contribution in [-0.2, 0) is 0 Å². The lowest BCUT2D eigenvalue weighted by Gasteiger charge is -2.09. The van der Waals surface area contributed by atoms with Gasteiger partial charge in [0.2, 0.25) is 0 Å². The van der Waals surface area contributed by atoms with E-state index in [1.807, 2.05) is 72.1 Å². The second kappa shape index (κ2) is 6.52. The van der Waals surface area contributed by atoms with Gasteiger partial charge < -0.3 is 9.47 Å². The summed E-state index contributed by atoms with van der Waals surface area (Å²) in [6, 6.07) is 18.1. The molecule has 0 saturated heterocycles. The van der Waals surface area contributed by atoms with Crippen LogP contribution in [0.25, 0.3) is 28.2 Å². The summed E-state index contributed by atoms with van der Waals surface area (Å²) in [6.07, 6.45) is 2.05. The third-order valence-corrected chi connectivity index (χ3v) is 4.42. The number of methoxy groups -OCH3 is 2. The fourth-order valence-electron chi connectivity index (χ4n) is 3.01. The van der Waals surface area contributed by atoms with Crippen LogP contribution in [0.4, 0.5) is 0 Å². The van der Waals surface area contributed by atoms with Gasteiger partial charge in [-0.25, -0.2) is 0 Å². The molecule has 0 unspecified atom stereocenters. The van der Waals surface area contributed by atoms with Crippen LogP contribution < -0.4 is 9.47 Å². The lowest BCUT2D eigenvalue weighted by Crippen LogP contribution is -1.94. The van der Waals surface area contributed by atoms with E-state index in [4.69, 9.17) is 9.47 Å². The Balaban J connectivity index is 1.85. The van der Waals surface area contributed by atoms with Crippen molar-refractivity contribution in [1.29, 1.82) is 0 Å². The van der Waals surface area contributed by atoms with Crippen LogP contribution in [0.2, 0.25) is 0 Å². The van der Waals surface area contributed by atoms with E-state index in [1.54, 1.807) is 14.2 Å². The first kappa shape index (κ1) is 16.1. The Bertz CT molecular complexity index is 1070. The van der Waals surface area contributed by atoms with Crippen molar-refractivity contribution in [3.05, 3.63) is 66.4 Å². The summed E-state index contributed by atoms with van der Waals surface area (Å²) < 4.78 is 12.8. The maximum absolute atomic E-state index is 5.54. The highest BCUT2D eigenvalue weighted by Gasteiger charge is 2.14. The van der Waals surface area contributed by atoms with Gasteiger partial charge in [-0.15, -0.1) is 10.2 Å². The quantitative estimate of drug-likeness (QED) is 0.550. The summed E-state index contributed by atoms with van der Waals surface area (Å²) in [5.41, 5.74) is 5.02. The molecule has 0 spiro atoms. The number of ether oxygens (including phenoxy) is 2. The number of aromatic nitrogens is 3.